The van der Waals surface area contributed by atoms with Crippen LogP contribution in [0.5, 0.6) is 0 Å². The first-order valence-corrected chi connectivity index (χ1v) is 5.43. The van der Waals surface area contributed by atoms with Crippen LogP contribution in [0.3, 0.4) is 0 Å². The molecule has 1 saturated heterocycles. The average molecular weight is 254 g/mol. The molecule has 1 heterocycles. The van der Waals surface area contributed by atoms with Crippen molar-refractivity contribution in [2.75, 3.05) is 20.1 Å². The molecular weight excluding hydrogens is 242 g/mol. The standard InChI is InChI=1S/C11H12BrNO/c1-13-5-9(6-13)10-3-2-8(7-14)4-11(10)12/h2-4,7,9H,5-6H2,1H3. The zero-order valence-electron chi connectivity index (χ0n) is 8.03. The molecule has 1 aromatic rings. The Bertz CT molecular complexity index is 358. The van der Waals surface area contributed by atoms with Crippen LogP contribution in [0.2, 0.25) is 0 Å². The first-order chi connectivity index (χ1) is 6.70. The van der Waals surface area contributed by atoms with Gasteiger partial charge in [-0.3, -0.25) is 4.79 Å². The zero-order chi connectivity index (χ0) is 10.1. The van der Waals surface area contributed by atoms with Crippen molar-refractivity contribution in [3.05, 3.63) is 33.8 Å². The fraction of sp³-hybridized carbons (Fsp3) is 0.364. The Labute approximate surface area is 92.0 Å². The second-order valence-electron chi connectivity index (χ2n) is 3.82. The maximum Gasteiger partial charge on any atom is 0.150 e. The molecule has 1 aliphatic heterocycles. The quantitative estimate of drug-likeness (QED) is 0.755. The van der Waals surface area contributed by atoms with Crippen LogP contribution >= 0.6 is 15.9 Å². The van der Waals surface area contributed by atoms with Crippen molar-refractivity contribution in [1.82, 2.24) is 4.90 Å². The van der Waals surface area contributed by atoms with Crippen molar-refractivity contribution in [2.24, 2.45) is 0 Å². The molecule has 0 bridgehead atoms. The molecule has 1 aliphatic rings. The second-order valence-corrected chi connectivity index (χ2v) is 4.67. The molecule has 14 heavy (non-hydrogen) atoms. The molecule has 1 aromatic carbocycles. The fourth-order valence-electron chi connectivity index (χ4n) is 1.84. The van der Waals surface area contributed by atoms with Gasteiger partial charge in [-0.1, -0.05) is 28.1 Å². The van der Waals surface area contributed by atoms with Crippen LogP contribution < -0.4 is 0 Å². The summed E-state index contributed by atoms with van der Waals surface area (Å²) < 4.78 is 1.06. The van der Waals surface area contributed by atoms with Crippen molar-refractivity contribution in [2.45, 2.75) is 5.92 Å². The number of likely N-dealkylation sites (tertiary alicyclic amines) is 1. The lowest BCUT2D eigenvalue weighted by atomic mass is 9.91. The summed E-state index contributed by atoms with van der Waals surface area (Å²) in [6, 6.07) is 5.82. The summed E-state index contributed by atoms with van der Waals surface area (Å²) >= 11 is 3.51. The van der Waals surface area contributed by atoms with Gasteiger partial charge in [0.15, 0.2) is 0 Å². The van der Waals surface area contributed by atoms with Gasteiger partial charge in [-0.05, 0) is 18.7 Å². The molecule has 0 atom stereocenters. The van der Waals surface area contributed by atoms with Gasteiger partial charge in [0.1, 0.15) is 6.29 Å². The number of benzene rings is 1. The summed E-state index contributed by atoms with van der Waals surface area (Å²) in [7, 11) is 2.12. The molecule has 1 fully saturated rings. The Kier molecular flexibility index (Phi) is 2.70. The molecule has 3 heteroatoms. The predicted octanol–water partition coefficient (Wildman–Crippen LogP) is 2.29. The van der Waals surface area contributed by atoms with E-state index in [0.717, 1.165) is 29.4 Å². The van der Waals surface area contributed by atoms with Crippen LogP contribution in [0, 0.1) is 0 Å². The van der Waals surface area contributed by atoms with Crippen molar-refractivity contribution < 1.29 is 4.79 Å². The minimum atomic E-state index is 0.620. The van der Waals surface area contributed by atoms with E-state index >= 15 is 0 Å². The van der Waals surface area contributed by atoms with E-state index in [9.17, 15) is 4.79 Å². The molecule has 0 aromatic heterocycles. The highest BCUT2D eigenvalue weighted by atomic mass is 79.9. The highest BCUT2D eigenvalue weighted by molar-refractivity contribution is 9.10. The number of carbonyl (C=O) groups excluding carboxylic acids is 1. The Hall–Kier alpha value is -0.670. The van der Waals surface area contributed by atoms with E-state index in [2.05, 4.69) is 27.9 Å². The van der Waals surface area contributed by atoms with Crippen LogP contribution in [0.15, 0.2) is 22.7 Å². The van der Waals surface area contributed by atoms with Crippen LogP contribution in [0.4, 0.5) is 0 Å². The summed E-state index contributed by atoms with van der Waals surface area (Å²) in [5.74, 6) is 0.620. The summed E-state index contributed by atoms with van der Waals surface area (Å²) in [5.41, 5.74) is 2.04. The van der Waals surface area contributed by atoms with Crippen LogP contribution in [-0.4, -0.2) is 31.3 Å². The van der Waals surface area contributed by atoms with Crippen molar-refractivity contribution >= 4 is 22.2 Å². The van der Waals surface area contributed by atoms with E-state index < -0.39 is 0 Å². The van der Waals surface area contributed by atoms with Gasteiger partial charge in [-0.2, -0.15) is 0 Å². The van der Waals surface area contributed by atoms with E-state index in [-0.39, 0.29) is 0 Å². The third-order valence-electron chi connectivity index (χ3n) is 2.66. The molecule has 2 rings (SSSR count). The number of nitrogens with zero attached hydrogens (tertiary/aromatic N) is 1. The van der Waals surface area contributed by atoms with E-state index in [1.54, 1.807) is 0 Å². The Morgan fingerprint density at radius 2 is 2.21 bits per heavy atom. The third-order valence-corrected chi connectivity index (χ3v) is 3.35. The SMILES string of the molecule is CN1CC(c2ccc(C=O)cc2Br)C1. The van der Waals surface area contributed by atoms with E-state index in [1.807, 2.05) is 18.2 Å². The maximum atomic E-state index is 10.5. The largest absolute Gasteiger partial charge is 0.305 e. The minimum absolute atomic E-state index is 0.620. The minimum Gasteiger partial charge on any atom is -0.305 e. The maximum absolute atomic E-state index is 10.5. The van der Waals surface area contributed by atoms with E-state index in [0.29, 0.717) is 5.92 Å². The number of hydrogen-bond donors (Lipinski definition) is 0. The second kappa shape index (κ2) is 3.83. The molecule has 0 N–H and O–H groups in total. The molecule has 2 nitrogen and oxygen atoms in total. The monoisotopic (exact) mass is 253 g/mol. The Morgan fingerprint density at radius 3 is 2.71 bits per heavy atom. The highest BCUT2D eigenvalue weighted by Gasteiger charge is 2.26. The van der Waals surface area contributed by atoms with Gasteiger partial charge in [0.2, 0.25) is 0 Å². The first kappa shape index (κ1) is 9.87. The van der Waals surface area contributed by atoms with Gasteiger partial charge in [0, 0.05) is 29.0 Å². The molecule has 0 radical (unpaired) electrons. The smallest absolute Gasteiger partial charge is 0.150 e. The van der Waals surface area contributed by atoms with Crippen LogP contribution in [0.1, 0.15) is 21.8 Å². The van der Waals surface area contributed by atoms with Gasteiger partial charge < -0.3 is 4.90 Å². The Balaban J connectivity index is 2.22. The third kappa shape index (κ3) is 1.74. The molecule has 0 amide bonds. The predicted molar refractivity (Wildman–Crippen MR) is 59.8 cm³/mol. The lowest BCUT2D eigenvalue weighted by Gasteiger charge is -2.37. The molecule has 0 spiro atoms. The lowest BCUT2D eigenvalue weighted by Crippen LogP contribution is -2.41. The van der Waals surface area contributed by atoms with E-state index in [4.69, 9.17) is 0 Å². The number of hydrogen-bond acceptors (Lipinski definition) is 2. The number of halogens is 1. The number of rotatable bonds is 2. The van der Waals surface area contributed by atoms with Crippen molar-refractivity contribution in [3.8, 4) is 0 Å². The fourth-order valence-corrected chi connectivity index (χ4v) is 2.56. The lowest BCUT2D eigenvalue weighted by molar-refractivity contribution is 0.112. The van der Waals surface area contributed by atoms with Crippen LogP contribution in [0.25, 0.3) is 0 Å². The van der Waals surface area contributed by atoms with Gasteiger partial charge in [-0.15, -0.1) is 0 Å². The molecule has 0 saturated carbocycles. The normalized spacial score (nSPS) is 17.9. The summed E-state index contributed by atoms with van der Waals surface area (Å²) in [5, 5.41) is 0. The average Bonchev–Trinajstić information content (AvgIpc) is 2.13. The van der Waals surface area contributed by atoms with Gasteiger partial charge >= 0.3 is 0 Å². The summed E-state index contributed by atoms with van der Waals surface area (Å²) in [6.07, 6.45) is 0.876. The number of aldehydes is 1. The molecule has 0 unspecified atom stereocenters. The van der Waals surface area contributed by atoms with E-state index in [1.165, 1.54) is 5.56 Å². The molecule has 0 aliphatic carbocycles. The van der Waals surface area contributed by atoms with Gasteiger partial charge in [0.05, 0.1) is 0 Å². The molecule has 74 valence electrons. The number of carbonyl (C=O) groups is 1. The van der Waals surface area contributed by atoms with Crippen molar-refractivity contribution in [3.63, 3.8) is 0 Å². The molecular formula is C11H12BrNO. The Morgan fingerprint density at radius 1 is 1.50 bits per heavy atom. The summed E-state index contributed by atoms with van der Waals surface area (Å²) in [6.45, 7) is 2.22. The van der Waals surface area contributed by atoms with Gasteiger partial charge in [0.25, 0.3) is 0 Å². The van der Waals surface area contributed by atoms with Crippen LogP contribution in [-0.2, 0) is 0 Å². The van der Waals surface area contributed by atoms with Gasteiger partial charge in [-0.25, -0.2) is 0 Å². The van der Waals surface area contributed by atoms with Crippen molar-refractivity contribution in [1.29, 1.82) is 0 Å². The topological polar surface area (TPSA) is 20.3 Å². The zero-order valence-corrected chi connectivity index (χ0v) is 9.62. The first-order valence-electron chi connectivity index (χ1n) is 4.64. The number of likely N-dealkylation sites (N-methyl/N-ethyl adjacent to an activating group) is 1. The summed E-state index contributed by atoms with van der Waals surface area (Å²) in [4.78, 5) is 12.8. The highest BCUT2D eigenvalue weighted by Crippen LogP contribution is 2.31.